The molecule has 0 aromatic carbocycles. The second kappa shape index (κ2) is 4.60. The number of aliphatic hydroxyl groups is 1. The Balaban J connectivity index is 2.22. The first-order valence-electron chi connectivity index (χ1n) is 5.94. The fraction of sp³-hybridized carbons (Fsp3) is 1.00. The molecule has 0 unspecified atom stereocenters. The summed E-state index contributed by atoms with van der Waals surface area (Å²) in [5.41, 5.74) is 0. The van der Waals surface area contributed by atoms with Crippen LogP contribution in [0, 0.1) is 0 Å². The third kappa shape index (κ3) is 1.88. The van der Waals surface area contributed by atoms with E-state index in [0.29, 0.717) is 39.0 Å². The highest BCUT2D eigenvalue weighted by Gasteiger charge is 2.48. The van der Waals surface area contributed by atoms with Crippen molar-refractivity contribution in [1.82, 2.24) is 9.62 Å². The van der Waals surface area contributed by atoms with Crippen molar-refractivity contribution in [3.05, 3.63) is 0 Å². The second-order valence-corrected chi connectivity index (χ2v) is 7.03. The van der Waals surface area contributed by atoms with E-state index in [1.807, 2.05) is 0 Å². The number of rotatable bonds is 3. The highest BCUT2D eigenvalue weighted by molar-refractivity contribution is 7.90. The molecule has 0 aromatic rings. The van der Waals surface area contributed by atoms with Crippen LogP contribution in [-0.2, 0) is 10.0 Å². The topological polar surface area (TPSA) is 69.6 Å². The first-order valence-corrected chi connectivity index (χ1v) is 7.38. The molecule has 1 saturated heterocycles. The maximum Gasteiger partial charge on any atom is 0.222 e. The van der Waals surface area contributed by atoms with Crippen molar-refractivity contribution in [2.24, 2.45) is 0 Å². The van der Waals surface area contributed by atoms with Gasteiger partial charge in [0.1, 0.15) is 4.75 Å². The molecule has 0 amide bonds. The maximum atomic E-state index is 12.5. The SMILES string of the molecule is O=S(=O)(N1CCNCC1)C1(CO)CCCC1. The van der Waals surface area contributed by atoms with E-state index < -0.39 is 14.8 Å². The van der Waals surface area contributed by atoms with Crippen LogP contribution in [0.5, 0.6) is 0 Å². The molecule has 16 heavy (non-hydrogen) atoms. The standard InChI is InChI=1S/C10H20N2O3S/c13-9-10(3-1-2-4-10)16(14,15)12-7-5-11-6-8-12/h11,13H,1-9H2. The van der Waals surface area contributed by atoms with Gasteiger partial charge in [-0.1, -0.05) is 12.8 Å². The van der Waals surface area contributed by atoms with Gasteiger partial charge in [0.15, 0.2) is 0 Å². The predicted molar refractivity (Wildman–Crippen MR) is 61.6 cm³/mol. The third-order valence-electron chi connectivity index (χ3n) is 3.77. The second-order valence-electron chi connectivity index (χ2n) is 4.70. The number of hydrogen-bond donors (Lipinski definition) is 2. The van der Waals surface area contributed by atoms with Gasteiger partial charge in [-0.15, -0.1) is 0 Å². The lowest BCUT2D eigenvalue weighted by molar-refractivity contribution is 0.231. The van der Waals surface area contributed by atoms with Crippen molar-refractivity contribution in [1.29, 1.82) is 0 Å². The quantitative estimate of drug-likeness (QED) is 0.708. The molecule has 0 bridgehead atoms. The lowest BCUT2D eigenvalue weighted by Crippen LogP contribution is -2.54. The molecule has 1 aliphatic heterocycles. The summed E-state index contributed by atoms with van der Waals surface area (Å²) in [6.45, 7) is 2.24. The van der Waals surface area contributed by atoms with E-state index in [4.69, 9.17) is 0 Å². The van der Waals surface area contributed by atoms with Gasteiger partial charge in [0.2, 0.25) is 10.0 Å². The smallest absolute Gasteiger partial charge is 0.222 e. The molecule has 0 radical (unpaired) electrons. The highest BCUT2D eigenvalue weighted by Crippen LogP contribution is 2.38. The van der Waals surface area contributed by atoms with Crippen LogP contribution in [0.1, 0.15) is 25.7 Å². The largest absolute Gasteiger partial charge is 0.395 e. The van der Waals surface area contributed by atoms with Gasteiger partial charge in [-0.2, -0.15) is 4.31 Å². The zero-order valence-electron chi connectivity index (χ0n) is 9.48. The van der Waals surface area contributed by atoms with Crippen molar-refractivity contribution >= 4 is 10.0 Å². The average Bonchev–Trinajstić information content (AvgIpc) is 2.80. The van der Waals surface area contributed by atoms with Crippen LogP contribution >= 0.6 is 0 Å². The Morgan fingerprint density at radius 2 is 1.75 bits per heavy atom. The van der Waals surface area contributed by atoms with Crippen LogP contribution in [-0.4, -0.2) is 55.4 Å². The van der Waals surface area contributed by atoms with Gasteiger partial charge < -0.3 is 10.4 Å². The van der Waals surface area contributed by atoms with Crippen LogP contribution < -0.4 is 5.32 Å². The van der Waals surface area contributed by atoms with E-state index in [9.17, 15) is 13.5 Å². The molecule has 2 aliphatic rings. The minimum atomic E-state index is -3.33. The van der Waals surface area contributed by atoms with Crippen molar-refractivity contribution in [2.45, 2.75) is 30.4 Å². The first-order chi connectivity index (χ1) is 7.62. The first kappa shape index (κ1) is 12.3. The van der Waals surface area contributed by atoms with Crippen LogP contribution in [0.25, 0.3) is 0 Å². The molecule has 1 saturated carbocycles. The van der Waals surface area contributed by atoms with Crippen LogP contribution in [0.15, 0.2) is 0 Å². The van der Waals surface area contributed by atoms with E-state index in [2.05, 4.69) is 5.32 Å². The van der Waals surface area contributed by atoms with E-state index in [1.54, 1.807) is 4.31 Å². The van der Waals surface area contributed by atoms with Crippen LogP contribution in [0.2, 0.25) is 0 Å². The van der Waals surface area contributed by atoms with Crippen molar-refractivity contribution in [3.8, 4) is 0 Å². The Morgan fingerprint density at radius 1 is 1.19 bits per heavy atom. The van der Waals surface area contributed by atoms with Crippen molar-refractivity contribution in [3.63, 3.8) is 0 Å². The van der Waals surface area contributed by atoms with Crippen molar-refractivity contribution < 1.29 is 13.5 Å². The van der Waals surface area contributed by atoms with E-state index in [0.717, 1.165) is 12.8 Å². The molecule has 2 N–H and O–H groups in total. The molecular formula is C10H20N2O3S. The Morgan fingerprint density at radius 3 is 2.25 bits per heavy atom. The van der Waals surface area contributed by atoms with E-state index in [-0.39, 0.29) is 6.61 Å². The summed E-state index contributed by atoms with van der Waals surface area (Å²) in [7, 11) is -3.33. The Kier molecular flexibility index (Phi) is 3.53. The number of hydrogen-bond acceptors (Lipinski definition) is 4. The molecule has 1 heterocycles. The summed E-state index contributed by atoms with van der Waals surface area (Å²) in [4.78, 5) is 0. The molecule has 5 nitrogen and oxygen atoms in total. The molecule has 94 valence electrons. The predicted octanol–water partition coefficient (Wildman–Crippen LogP) is -0.473. The molecule has 2 fully saturated rings. The Hall–Kier alpha value is -0.170. The molecule has 0 atom stereocenters. The van der Waals surface area contributed by atoms with Gasteiger partial charge in [0.25, 0.3) is 0 Å². The lowest BCUT2D eigenvalue weighted by Gasteiger charge is -2.35. The number of sulfonamides is 1. The molecular weight excluding hydrogens is 228 g/mol. The summed E-state index contributed by atoms with van der Waals surface area (Å²) in [6.07, 6.45) is 3.03. The zero-order chi connectivity index (χ0) is 11.6. The lowest BCUT2D eigenvalue weighted by atomic mass is 10.1. The Labute approximate surface area is 96.9 Å². The molecule has 0 spiro atoms. The fourth-order valence-corrected chi connectivity index (χ4v) is 4.85. The fourth-order valence-electron chi connectivity index (χ4n) is 2.68. The van der Waals surface area contributed by atoms with Crippen molar-refractivity contribution in [2.75, 3.05) is 32.8 Å². The van der Waals surface area contributed by atoms with E-state index >= 15 is 0 Å². The van der Waals surface area contributed by atoms with E-state index in [1.165, 1.54) is 0 Å². The van der Waals surface area contributed by atoms with Gasteiger partial charge in [-0.05, 0) is 12.8 Å². The molecule has 2 rings (SSSR count). The minimum Gasteiger partial charge on any atom is -0.395 e. The molecule has 0 aromatic heterocycles. The zero-order valence-corrected chi connectivity index (χ0v) is 10.3. The van der Waals surface area contributed by atoms with Gasteiger partial charge >= 0.3 is 0 Å². The van der Waals surface area contributed by atoms with Crippen LogP contribution in [0.3, 0.4) is 0 Å². The third-order valence-corrected chi connectivity index (χ3v) is 6.44. The number of aliphatic hydroxyl groups excluding tert-OH is 1. The van der Waals surface area contributed by atoms with Gasteiger partial charge in [0.05, 0.1) is 6.61 Å². The average molecular weight is 248 g/mol. The van der Waals surface area contributed by atoms with Gasteiger partial charge in [-0.25, -0.2) is 8.42 Å². The summed E-state index contributed by atoms with van der Waals surface area (Å²) >= 11 is 0. The monoisotopic (exact) mass is 248 g/mol. The van der Waals surface area contributed by atoms with Gasteiger partial charge in [-0.3, -0.25) is 0 Å². The maximum absolute atomic E-state index is 12.5. The van der Waals surface area contributed by atoms with Gasteiger partial charge in [0, 0.05) is 26.2 Å². The number of nitrogens with zero attached hydrogens (tertiary/aromatic N) is 1. The summed E-state index contributed by atoms with van der Waals surface area (Å²) < 4.78 is 25.6. The normalized spacial score (nSPS) is 27.1. The molecule has 6 heteroatoms. The number of nitrogens with one attached hydrogen (secondary N) is 1. The van der Waals surface area contributed by atoms with Crippen LogP contribution in [0.4, 0.5) is 0 Å². The summed E-state index contributed by atoms with van der Waals surface area (Å²) in [5.74, 6) is 0. The highest BCUT2D eigenvalue weighted by atomic mass is 32.2. The Bertz CT molecular complexity index is 330. The summed E-state index contributed by atoms with van der Waals surface area (Å²) in [6, 6.07) is 0. The minimum absolute atomic E-state index is 0.237. The summed E-state index contributed by atoms with van der Waals surface area (Å²) in [5, 5.41) is 12.6. The number of piperazine rings is 1. The molecule has 1 aliphatic carbocycles.